The lowest BCUT2D eigenvalue weighted by molar-refractivity contribution is 0.484. The van der Waals surface area contributed by atoms with Crippen molar-refractivity contribution >= 4 is 48.9 Å². The molecule has 8 heteroatoms. The highest BCUT2D eigenvalue weighted by Crippen LogP contribution is 2.31. The zero-order valence-electron chi connectivity index (χ0n) is 13.9. The number of hydrogen-bond acceptors (Lipinski definition) is 6. The van der Waals surface area contributed by atoms with E-state index in [4.69, 9.17) is 5.73 Å². The highest BCUT2D eigenvalue weighted by atomic mass is 32.2. The third-order valence-corrected chi connectivity index (χ3v) is 5.07. The summed E-state index contributed by atoms with van der Waals surface area (Å²) in [4.78, 5) is 4.17. The molecule has 0 aliphatic heterocycles. The van der Waals surface area contributed by atoms with Crippen LogP contribution in [0.25, 0.3) is 21.7 Å². The second kappa shape index (κ2) is 6.42. The van der Waals surface area contributed by atoms with Crippen molar-refractivity contribution in [3.05, 3.63) is 66.9 Å². The Kier molecular flexibility index (Phi) is 4.06. The van der Waals surface area contributed by atoms with Crippen LogP contribution in [0.4, 0.5) is 17.1 Å². The van der Waals surface area contributed by atoms with Crippen LogP contribution in [-0.2, 0) is 10.1 Å². The molecule has 1 aromatic heterocycles. The number of aromatic nitrogens is 1. The summed E-state index contributed by atoms with van der Waals surface area (Å²) in [5.74, 6) is 0. The molecule has 134 valence electrons. The molecule has 0 fully saturated rings. The van der Waals surface area contributed by atoms with Gasteiger partial charge in [0.2, 0.25) is 0 Å². The Morgan fingerprint density at radius 2 is 1.78 bits per heavy atom. The molecule has 3 aromatic carbocycles. The van der Waals surface area contributed by atoms with Gasteiger partial charge in [0.05, 0.1) is 11.2 Å². The summed E-state index contributed by atoms with van der Waals surface area (Å²) in [7, 11) is -4.30. The summed E-state index contributed by atoms with van der Waals surface area (Å²) in [6, 6.07) is 16.7. The van der Waals surface area contributed by atoms with Crippen LogP contribution in [0.1, 0.15) is 0 Å². The first-order valence-corrected chi connectivity index (χ1v) is 9.43. The third-order valence-electron chi connectivity index (χ3n) is 4.16. The van der Waals surface area contributed by atoms with Crippen LogP contribution in [0.15, 0.2) is 82.0 Å². The molecular formula is C19H14N4O3S. The molecule has 0 saturated heterocycles. The lowest BCUT2D eigenvalue weighted by Crippen LogP contribution is -1.98. The van der Waals surface area contributed by atoms with Gasteiger partial charge in [-0.25, -0.2) is 0 Å². The van der Waals surface area contributed by atoms with Gasteiger partial charge in [-0.3, -0.25) is 9.54 Å². The van der Waals surface area contributed by atoms with E-state index in [1.165, 1.54) is 6.07 Å². The van der Waals surface area contributed by atoms with Crippen LogP contribution in [0, 0.1) is 0 Å². The first-order chi connectivity index (χ1) is 12.9. The first-order valence-electron chi connectivity index (χ1n) is 7.99. The van der Waals surface area contributed by atoms with Crippen molar-refractivity contribution in [2.24, 2.45) is 10.2 Å². The Bertz CT molecular complexity index is 1320. The summed E-state index contributed by atoms with van der Waals surface area (Å²) in [5, 5.41) is 10.3. The molecule has 3 N–H and O–H groups in total. The van der Waals surface area contributed by atoms with Crippen LogP contribution in [0.2, 0.25) is 0 Å². The lowest BCUT2D eigenvalue weighted by Gasteiger charge is -2.05. The average molecular weight is 378 g/mol. The van der Waals surface area contributed by atoms with Gasteiger partial charge in [-0.1, -0.05) is 18.2 Å². The fourth-order valence-electron chi connectivity index (χ4n) is 2.90. The zero-order valence-corrected chi connectivity index (χ0v) is 14.8. The molecule has 0 aliphatic carbocycles. The van der Waals surface area contributed by atoms with Crippen molar-refractivity contribution < 1.29 is 13.0 Å². The maximum atomic E-state index is 11.5. The summed E-state index contributed by atoms with van der Waals surface area (Å²) < 4.78 is 32.3. The second-order valence-electron chi connectivity index (χ2n) is 5.91. The number of benzene rings is 3. The minimum atomic E-state index is -4.30. The summed E-state index contributed by atoms with van der Waals surface area (Å²) >= 11 is 0. The van der Waals surface area contributed by atoms with E-state index in [2.05, 4.69) is 15.2 Å². The highest BCUT2D eigenvalue weighted by Gasteiger charge is 2.13. The molecule has 1 heterocycles. The number of nitrogens with zero attached hydrogens (tertiary/aromatic N) is 3. The molecule has 0 saturated carbocycles. The predicted molar refractivity (Wildman–Crippen MR) is 104 cm³/mol. The molecule has 0 atom stereocenters. The standard InChI is InChI=1S/C19H14N4O3S/c20-16-8-9-17(19-15(16)4-2-10-21-19)23-22-13-6-7-14-12(11-13)3-1-5-18(14)27(24,25)26/h1-11H,20H2,(H,24,25,26). The van der Waals surface area contributed by atoms with Gasteiger partial charge in [-0.05, 0) is 47.9 Å². The number of fused-ring (bicyclic) bond motifs is 2. The quantitative estimate of drug-likeness (QED) is 0.306. The molecule has 0 spiro atoms. The van der Waals surface area contributed by atoms with Crippen molar-refractivity contribution in [2.75, 3.05) is 5.73 Å². The van der Waals surface area contributed by atoms with E-state index < -0.39 is 10.1 Å². The molecule has 7 nitrogen and oxygen atoms in total. The van der Waals surface area contributed by atoms with E-state index in [-0.39, 0.29) is 4.90 Å². The zero-order chi connectivity index (χ0) is 19.0. The van der Waals surface area contributed by atoms with Gasteiger partial charge in [-0.2, -0.15) is 13.5 Å². The minimum Gasteiger partial charge on any atom is -0.398 e. The van der Waals surface area contributed by atoms with Gasteiger partial charge < -0.3 is 5.73 Å². The normalized spacial score (nSPS) is 12.2. The van der Waals surface area contributed by atoms with Crippen molar-refractivity contribution in [2.45, 2.75) is 4.90 Å². The molecule has 0 unspecified atom stereocenters. The molecule has 4 aromatic rings. The Balaban J connectivity index is 1.78. The van der Waals surface area contributed by atoms with Crippen LogP contribution >= 0.6 is 0 Å². The topological polar surface area (TPSA) is 118 Å². The number of azo groups is 1. The number of rotatable bonds is 3. The predicted octanol–water partition coefficient (Wildman–Crippen LogP) is 4.63. The van der Waals surface area contributed by atoms with Crippen LogP contribution in [0.5, 0.6) is 0 Å². The Morgan fingerprint density at radius 3 is 2.59 bits per heavy atom. The fraction of sp³-hybridized carbons (Fsp3) is 0. The van der Waals surface area contributed by atoms with Gasteiger partial charge in [0, 0.05) is 22.7 Å². The highest BCUT2D eigenvalue weighted by molar-refractivity contribution is 7.86. The van der Waals surface area contributed by atoms with Crippen molar-refractivity contribution in [1.82, 2.24) is 4.98 Å². The maximum absolute atomic E-state index is 11.5. The molecule has 0 radical (unpaired) electrons. The van der Waals surface area contributed by atoms with Gasteiger partial charge >= 0.3 is 0 Å². The van der Waals surface area contributed by atoms with E-state index in [9.17, 15) is 13.0 Å². The number of pyridine rings is 1. The van der Waals surface area contributed by atoms with E-state index in [1.54, 1.807) is 54.7 Å². The summed E-state index contributed by atoms with van der Waals surface area (Å²) in [6.45, 7) is 0. The van der Waals surface area contributed by atoms with E-state index >= 15 is 0 Å². The van der Waals surface area contributed by atoms with Crippen molar-refractivity contribution in [3.8, 4) is 0 Å². The van der Waals surface area contributed by atoms with Gasteiger partial charge in [-0.15, -0.1) is 5.11 Å². The second-order valence-corrected chi connectivity index (χ2v) is 7.30. The smallest absolute Gasteiger partial charge is 0.295 e. The van der Waals surface area contributed by atoms with Crippen LogP contribution < -0.4 is 5.73 Å². The number of nitrogens with two attached hydrogens (primary N) is 1. The number of nitrogen functional groups attached to an aromatic ring is 1. The molecule has 4 rings (SSSR count). The van der Waals surface area contributed by atoms with E-state index in [0.29, 0.717) is 33.4 Å². The Hall–Kier alpha value is -3.36. The van der Waals surface area contributed by atoms with Crippen molar-refractivity contribution in [3.63, 3.8) is 0 Å². The molecule has 0 bridgehead atoms. The SMILES string of the molecule is Nc1ccc(N=Nc2ccc3c(S(=O)(=O)O)cccc3c2)c2ncccc12. The van der Waals surface area contributed by atoms with E-state index in [1.807, 2.05) is 6.07 Å². The first kappa shape index (κ1) is 17.1. The monoisotopic (exact) mass is 378 g/mol. The summed E-state index contributed by atoms with van der Waals surface area (Å²) in [5.41, 5.74) is 8.34. The van der Waals surface area contributed by atoms with Gasteiger partial charge in [0.1, 0.15) is 10.6 Å². The molecule has 0 aliphatic rings. The Morgan fingerprint density at radius 1 is 0.926 bits per heavy atom. The Labute approximate surface area is 154 Å². The molecular weight excluding hydrogens is 364 g/mol. The van der Waals surface area contributed by atoms with Crippen LogP contribution in [0.3, 0.4) is 0 Å². The average Bonchev–Trinajstić information content (AvgIpc) is 2.66. The number of anilines is 1. The fourth-order valence-corrected chi connectivity index (χ4v) is 3.61. The van der Waals surface area contributed by atoms with Crippen LogP contribution in [-0.4, -0.2) is 18.0 Å². The third kappa shape index (κ3) is 3.23. The van der Waals surface area contributed by atoms with E-state index in [0.717, 1.165) is 5.39 Å². The summed E-state index contributed by atoms with van der Waals surface area (Å²) in [6.07, 6.45) is 1.66. The molecule has 27 heavy (non-hydrogen) atoms. The largest absolute Gasteiger partial charge is 0.398 e. The lowest BCUT2D eigenvalue weighted by atomic mass is 10.1. The van der Waals surface area contributed by atoms with Gasteiger partial charge in [0.25, 0.3) is 10.1 Å². The minimum absolute atomic E-state index is 0.141. The maximum Gasteiger partial charge on any atom is 0.295 e. The molecule has 0 amide bonds. The van der Waals surface area contributed by atoms with Gasteiger partial charge in [0.15, 0.2) is 0 Å². The van der Waals surface area contributed by atoms with Crippen molar-refractivity contribution in [1.29, 1.82) is 0 Å². The number of hydrogen-bond donors (Lipinski definition) is 2.